The third kappa shape index (κ3) is 4.14. The summed E-state index contributed by atoms with van der Waals surface area (Å²) in [5, 5.41) is 0. The second kappa shape index (κ2) is 3.11. The van der Waals surface area contributed by atoms with E-state index in [0.29, 0.717) is 0 Å². The topological polar surface area (TPSA) is 58.9 Å². The summed E-state index contributed by atoms with van der Waals surface area (Å²) in [4.78, 5) is 18.4. The van der Waals surface area contributed by atoms with E-state index in [1.165, 1.54) is 6.66 Å². The van der Waals surface area contributed by atoms with E-state index in [0.717, 1.165) is 0 Å². The number of hydrogen-bond acceptors (Lipinski definition) is 4. The van der Waals surface area contributed by atoms with E-state index in [1.54, 1.807) is 13.8 Å². The molecule has 0 saturated heterocycles. The molecule has 4 nitrogen and oxygen atoms in total. The van der Waals surface area contributed by atoms with Crippen LogP contribution in [0.4, 0.5) is 0 Å². The molecule has 0 unspecified atom stereocenters. The molecule has 10 heavy (non-hydrogen) atoms. The molecule has 0 heterocycles. The Balaban J connectivity index is 3.97. The fourth-order valence-corrected chi connectivity index (χ4v) is 1.90. The first-order valence-electron chi connectivity index (χ1n) is 3.20. The van der Waals surface area contributed by atoms with Crippen LogP contribution in [0.3, 0.4) is 0 Å². The van der Waals surface area contributed by atoms with Crippen LogP contribution in [0.1, 0.15) is 13.8 Å². The molecule has 0 aliphatic rings. The molecular formula is C5H15O4P. The van der Waals surface area contributed by atoms with Crippen molar-refractivity contribution >= 4 is 7.51 Å². The summed E-state index contributed by atoms with van der Waals surface area (Å²) in [7, 11) is -4.16. The summed E-state index contributed by atoms with van der Waals surface area (Å²) in [5.74, 6) is 0. The van der Waals surface area contributed by atoms with Gasteiger partial charge >= 0.3 is 60.1 Å². The van der Waals surface area contributed by atoms with Crippen molar-refractivity contribution in [2.45, 2.75) is 13.8 Å². The van der Waals surface area contributed by atoms with Crippen molar-refractivity contribution in [3.63, 3.8) is 0 Å². The van der Waals surface area contributed by atoms with E-state index in [2.05, 4.69) is 9.05 Å². The minimum atomic E-state index is -4.16. The van der Waals surface area contributed by atoms with Gasteiger partial charge in [-0.3, -0.25) is 0 Å². The Labute approximate surface area is 61.0 Å². The molecule has 0 aromatic rings. The van der Waals surface area contributed by atoms with Crippen LogP contribution in [0.5, 0.6) is 0 Å². The second-order valence-corrected chi connectivity index (χ2v) is 5.12. The molecule has 0 atom stereocenters. The second-order valence-electron chi connectivity index (χ2n) is 2.09. The fraction of sp³-hybridized carbons (Fsp3) is 1.00. The summed E-state index contributed by atoms with van der Waals surface area (Å²) in [6.07, 6.45) is 0. The zero-order valence-electron chi connectivity index (χ0n) is 6.57. The molecule has 0 spiro atoms. The van der Waals surface area contributed by atoms with Gasteiger partial charge in [-0.2, -0.15) is 0 Å². The van der Waals surface area contributed by atoms with Gasteiger partial charge in [0.1, 0.15) is 0 Å². The van der Waals surface area contributed by atoms with Crippen molar-refractivity contribution in [1.82, 2.24) is 0 Å². The molecular weight excluding hydrogens is 155 g/mol. The Morgan fingerprint density at radius 2 is 1.40 bits per heavy atom. The summed E-state index contributed by atoms with van der Waals surface area (Å²) in [6.45, 7) is 5.01. The molecule has 0 amide bonds. The van der Waals surface area contributed by atoms with Crippen molar-refractivity contribution in [3.05, 3.63) is 0 Å². The van der Waals surface area contributed by atoms with Crippen LogP contribution in [-0.2, 0) is 9.05 Å². The van der Waals surface area contributed by atoms with Gasteiger partial charge in [-0.1, -0.05) is 0 Å². The van der Waals surface area contributed by atoms with E-state index < -0.39 is 7.51 Å². The monoisotopic (exact) mass is 170 g/mol. The molecule has 0 bridgehead atoms. The summed E-state index contributed by atoms with van der Waals surface area (Å²) >= 11 is 0. The SMILES string of the molecule is CCOP(C)(O)(O)OCC. The van der Waals surface area contributed by atoms with Crippen LogP contribution in [0.15, 0.2) is 0 Å². The molecule has 64 valence electrons. The maximum absolute atomic E-state index is 9.22. The van der Waals surface area contributed by atoms with E-state index in [1.807, 2.05) is 0 Å². The van der Waals surface area contributed by atoms with Gasteiger partial charge in [0.25, 0.3) is 0 Å². The molecule has 5 heteroatoms. The number of rotatable bonds is 4. The Hall–Kier alpha value is 0.270. The van der Waals surface area contributed by atoms with E-state index in [-0.39, 0.29) is 13.2 Å². The van der Waals surface area contributed by atoms with Crippen LogP contribution in [0.25, 0.3) is 0 Å². The first-order valence-corrected chi connectivity index (χ1v) is 5.63. The van der Waals surface area contributed by atoms with E-state index in [9.17, 15) is 9.79 Å². The maximum atomic E-state index is 9.22. The van der Waals surface area contributed by atoms with Crippen LogP contribution >= 0.6 is 7.51 Å². The van der Waals surface area contributed by atoms with Crippen LogP contribution in [-0.4, -0.2) is 29.7 Å². The van der Waals surface area contributed by atoms with Crippen molar-refractivity contribution in [1.29, 1.82) is 0 Å². The third-order valence-corrected chi connectivity index (χ3v) is 2.56. The Morgan fingerprint density at radius 1 is 1.10 bits per heavy atom. The Bertz CT molecular complexity index is 96.0. The van der Waals surface area contributed by atoms with Crippen LogP contribution in [0.2, 0.25) is 0 Å². The van der Waals surface area contributed by atoms with Gasteiger partial charge < -0.3 is 0 Å². The molecule has 0 aliphatic carbocycles. The zero-order valence-corrected chi connectivity index (χ0v) is 7.47. The van der Waals surface area contributed by atoms with Crippen molar-refractivity contribution in [3.8, 4) is 0 Å². The van der Waals surface area contributed by atoms with Crippen LogP contribution in [0, 0.1) is 0 Å². The normalized spacial score (nSPS) is 16.3. The fourth-order valence-electron chi connectivity index (χ4n) is 0.632. The summed E-state index contributed by atoms with van der Waals surface area (Å²) < 4.78 is 9.35. The molecule has 0 aromatic carbocycles. The standard InChI is InChI=1S/C5H15O4P/c1-4-8-10(3,6,7)9-5-2/h6-7H,4-5H2,1-3H3. The van der Waals surface area contributed by atoms with Gasteiger partial charge in [-0.05, 0) is 0 Å². The van der Waals surface area contributed by atoms with Gasteiger partial charge in [0.15, 0.2) is 0 Å². The molecule has 0 radical (unpaired) electrons. The van der Waals surface area contributed by atoms with Crippen molar-refractivity contribution in [2.24, 2.45) is 0 Å². The van der Waals surface area contributed by atoms with Gasteiger partial charge in [0, 0.05) is 0 Å². The van der Waals surface area contributed by atoms with E-state index in [4.69, 9.17) is 0 Å². The Kier molecular flexibility index (Phi) is 3.20. The van der Waals surface area contributed by atoms with Crippen molar-refractivity contribution < 1.29 is 18.8 Å². The molecule has 0 saturated carbocycles. The van der Waals surface area contributed by atoms with Crippen LogP contribution < -0.4 is 0 Å². The first kappa shape index (κ1) is 10.3. The zero-order chi connectivity index (χ0) is 8.28. The van der Waals surface area contributed by atoms with Gasteiger partial charge in [-0.25, -0.2) is 0 Å². The first-order chi connectivity index (χ1) is 4.39. The molecule has 2 N–H and O–H groups in total. The Morgan fingerprint density at radius 3 is 1.60 bits per heavy atom. The quantitative estimate of drug-likeness (QED) is 0.615. The van der Waals surface area contributed by atoms with Gasteiger partial charge in [0.2, 0.25) is 0 Å². The van der Waals surface area contributed by atoms with Gasteiger partial charge in [-0.15, -0.1) is 0 Å². The van der Waals surface area contributed by atoms with Gasteiger partial charge in [0.05, 0.1) is 0 Å². The summed E-state index contributed by atoms with van der Waals surface area (Å²) in [6, 6.07) is 0. The average molecular weight is 170 g/mol. The minimum absolute atomic E-state index is 0.237. The third-order valence-electron chi connectivity index (χ3n) is 0.853. The van der Waals surface area contributed by atoms with E-state index >= 15 is 0 Å². The molecule has 0 rings (SSSR count). The number of hydrogen-bond donors (Lipinski definition) is 2. The molecule has 0 aromatic heterocycles. The average Bonchev–Trinajstić information content (AvgIpc) is 1.61. The predicted octanol–water partition coefficient (Wildman–Crippen LogP) is 0.887. The summed E-state index contributed by atoms with van der Waals surface area (Å²) in [5.41, 5.74) is 0. The predicted molar refractivity (Wildman–Crippen MR) is 40.5 cm³/mol. The van der Waals surface area contributed by atoms with Crippen molar-refractivity contribution in [2.75, 3.05) is 19.9 Å². The molecule has 0 fully saturated rings. The molecule has 0 aliphatic heterocycles.